The van der Waals surface area contributed by atoms with Crippen molar-refractivity contribution in [3.63, 3.8) is 0 Å². The summed E-state index contributed by atoms with van der Waals surface area (Å²) in [6.45, 7) is 9.28. The van der Waals surface area contributed by atoms with Crippen LogP contribution in [0.5, 0.6) is 5.75 Å². The van der Waals surface area contributed by atoms with Crippen LogP contribution in [0.1, 0.15) is 49.3 Å². The van der Waals surface area contributed by atoms with E-state index < -0.39 is 6.10 Å². The summed E-state index contributed by atoms with van der Waals surface area (Å²) in [5, 5.41) is 9.81. The van der Waals surface area contributed by atoms with Crippen molar-refractivity contribution in [2.24, 2.45) is 5.73 Å². The summed E-state index contributed by atoms with van der Waals surface area (Å²) in [6, 6.07) is 4.32. The summed E-state index contributed by atoms with van der Waals surface area (Å²) in [4.78, 5) is 0. The zero-order chi connectivity index (χ0) is 14.4. The first-order valence-corrected chi connectivity index (χ1v) is 7.15. The SMILES string of the molecule is CCOc1c(C)cc(C)cc1C(CC)CC(O)CN. The third kappa shape index (κ3) is 4.22. The molecule has 2 atom stereocenters. The van der Waals surface area contributed by atoms with E-state index in [1.807, 2.05) is 6.92 Å². The molecule has 0 aliphatic carbocycles. The average molecular weight is 265 g/mol. The summed E-state index contributed by atoms with van der Waals surface area (Å²) < 4.78 is 5.81. The van der Waals surface area contributed by atoms with E-state index in [0.29, 0.717) is 25.5 Å². The van der Waals surface area contributed by atoms with Gasteiger partial charge in [0.15, 0.2) is 0 Å². The Balaban J connectivity index is 3.13. The van der Waals surface area contributed by atoms with E-state index in [4.69, 9.17) is 10.5 Å². The molecule has 2 unspecified atom stereocenters. The number of rotatable bonds is 7. The topological polar surface area (TPSA) is 55.5 Å². The van der Waals surface area contributed by atoms with E-state index in [-0.39, 0.29) is 0 Å². The number of nitrogens with two attached hydrogens (primary N) is 1. The molecule has 1 aromatic carbocycles. The lowest BCUT2D eigenvalue weighted by Crippen LogP contribution is -2.22. The number of hydrogen-bond acceptors (Lipinski definition) is 3. The highest BCUT2D eigenvalue weighted by Gasteiger charge is 2.19. The number of ether oxygens (including phenoxy) is 1. The minimum absolute atomic E-state index is 0.290. The molecule has 108 valence electrons. The van der Waals surface area contributed by atoms with Crippen molar-refractivity contribution in [3.8, 4) is 5.75 Å². The van der Waals surface area contributed by atoms with Crippen LogP contribution < -0.4 is 10.5 Å². The zero-order valence-corrected chi connectivity index (χ0v) is 12.6. The van der Waals surface area contributed by atoms with Crippen LogP contribution in [0.2, 0.25) is 0 Å². The largest absolute Gasteiger partial charge is 0.493 e. The van der Waals surface area contributed by atoms with Gasteiger partial charge in [0.2, 0.25) is 0 Å². The van der Waals surface area contributed by atoms with Crippen LogP contribution in [-0.2, 0) is 0 Å². The lowest BCUT2D eigenvalue weighted by molar-refractivity contribution is 0.161. The van der Waals surface area contributed by atoms with Gasteiger partial charge in [-0.1, -0.05) is 24.6 Å². The Hall–Kier alpha value is -1.06. The van der Waals surface area contributed by atoms with Gasteiger partial charge in [0.1, 0.15) is 5.75 Å². The number of hydrogen-bond donors (Lipinski definition) is 2. The van der Waals surface area contributed by atoms with Crippen molar-refractivity contribution in [1.29, 1.82) is 0 Å². The second-order valence-electron chi connectivity index (χ2n) is 5.16. The van der Waals surface area contributed by atoms with Crippen molar-refractivity contribution < 1.29 is 9.84 Å². The third-order valence-electron chi connectivity index (χ3n) is 3.50. The van der Waals surface area contributed by atoms with E-state index in [9.17, 15) is 5.11 Å². The Morgan fingerprint density at radius 3 is 2.47 bits per heavy atom. The first-order chi connectivity index (χ1) is 9.03. The van der Waals surface area contributed by atoms with Crippen LogP contribution in [-0.4, -0.2) is 24.4 Å². The first-order valence-electron chi connectivity index (χ1n) is 7.15. The maximum absolute atomic E-state index is 9.81. The maximum atomic E-state index is 9.81. The molecule has 0 aromatic heterocycles. The van der Waals surface area contributed by atoms with E-state index in [1.54, 1.807) is 0 Å². The summed E-state index contributed by atoms with van der Waals surface area (Å²) in [5.41, 5.74) is 9.13. The van der Waals surface area contributed by atoms with Gasteiger partial charge in [-0.2, -0.15) is 0 Å². The van der Waals surface area contributed by atoms with E-state index in [1.165, 1.54) is 11.1 Å². The van der Waals surface area contributed by atoms with Crippen molar-refractivity contribution >= 4 is 0 Å². The van der Waals surface area contributed by atoms with Crippen LogP contribution >= 0.6 is 0 Å². The van der Waals surface area contributed by atoms with Gasteiger partial charge < -0.3 is 15.6 Å². The second kappa shape index (κ2) is 7.51. The molecule has 0 aliphatic rings. The molecule has 0 amide bonds. The molecule has 3 heteroatoms. The highest BCUT2D eigenvalue weighted by atomic mass is 16.5. The first kappa shape index (κ1) is 16.0. The minimum Gasteiger partial charge on any atom is -0.493 e. The van der Waals surface area contributed by atoms with Crippen LogP contribution in [0, 0.1) is 13.8 Å². The molecule has 0 saturated heterocycles. The molecular weight excluding hydrogens is 238 g/mol. The molecule has 3 nitrogen and oxygen atoms in total. The third-order valence-corrected chi connectivity index (χ3v) is 3.50. The molecule has 0 spiro atoms. The van der Waals surface area contributed by atoms with Gasteiger partial charge in [0.25, 0.3) is 0 Å². The summed E-state index contributed by atoms with van der Waals surface area (Å²) in [5.74, 6) is 1.27. The highest BCUT2D eigenvalue weighted by Crippen LogP contribution is 2.35. The van der Waals surface area contributed by atoms with Crippen LogP contribution in [0.4, 0.5) is 0 Å². The van der Waals surface area contributed by atoms with Gasteiger partial charge in [0.05, 0.1) is 12.7 Å². The minimum atomic E-state index is -0.444. The van der Waals surface area contributed by atoms with Gasteiger partial charge in [-0.3, -0.25) is 0 Å². The van der Waals surface area contributed by atoms with Gasteiger partial charge >= 0.3 is 0 Å². The molecule has 0 heterocycles. The maximum Gasteiger partial charge on any atom is 0.125 e. The van der Waals surface area contributed by atoms with Gasteiger partial charge in [-0.05, 0) is 50.7 Å². The summed E-state index contributed by atoms with van der Waals surface area (Å²) in [7, 11) is 0. The molecule has 0 aliphatic heterocycles. The highest BCUT2D eigenvalue weighted by molar-refractivity contribution is 5.45. The Bertz CT molecular complexity index is 404. The fraction of sp³-hybridized carbons (Fsp3) is 0.625. The summed E-state index contributed by atoms with van der Waals surface area (Å²) in [6.07, 6.45) is 1.22. The quantitative estimate of drug-likeness (QED) is 0.797. The number of aliphatic hydroxyl groups is 1. The van der Waals surface area contributed by atoms with Crippen LogP contribution in [0.25, 0.3) is 0 Å². The molecule has 19 heavy (non-hydrogen) atoms. The van der Waals surface area contributed by atoms with E-state index >= 15 is 0 Å². The lowest BCUT2D eigenvalue weighted by Gasteiger charge is -2.23. The molecule has 0 fully saturated rings. The monoisotopic (exact) mass is 265 g/mol. The predicted molar refractivity (Wildman–Crippen MR) is 79.8 cm³/mol. The fourth-order valence-electron chi connectivity index (χ4n) is 2.57. The Morgan fingerprint density at radius 2 is 1.95 bits per heavy atom. The molecule has 1 rings (SSSR count). The molecule has 0 bridgehead atoms. The second-order valence-corrected chi connectivity index (χ2v) is 5.16. The zero-order valence-electron chi connectivity index (χ0n) is 12.6. The van der Waals surface area contributed by atoms with Gasteiger partial charge in [-0.15, -0.1) is 0 Å². The van der Waals surface area contributed by atoms with Crippen molar-refractivity contribution in [1.82, 2.24) is 0 Å². The number of aliphatic hydroxyl groups excluding tert-OH is 1. The normalized spacial score (nSPS) is 14.2. The van der Waals surface area contributed by atoms with Crippen molar-refractivity contribution in [3.05, 3.63) is 28.8 Å². The fourth-order valence-corrected chi connectivity index (χ4v) is 2.57. The molecule has 0 saturated carbocycles. The van der Waals surface area contributed by atoms with Gasteiger partial charge in [-0.25, -0.2) is 0 Å². The standard InChI is InChI=1S/C16H27NO2/c1-5-13(9-14(18)10-17)15-8-11(3)7-12(4)16(15)19-6-2/h7-8,13-14,18H,5-6,9-10,17H2,1-4H3. The smallest absolute Gasteiger partial charge is 0.125 e. The predicted octanol–water partition coefficient (Wildman–Crippen LogP) is 2.91. The number of benzene rings is 1. The van der Waals surface area contributed by atoms with Gasteiger partial charge in [0, 0.05) is 6.54 Å². The Labute approximate surface area is 116 Å². The van der Waals surface area contributed by atoms with Crippen molar-refractivity contribution in [2.45, 2.75) is 52.6 Å². The summed E-state index contributed by atoms with van der Waals surface area (Å²) >= 11 is 0. The van der Waals surface area contributed by atoms with Crippen LogP contribution in [0.15, 0.2) is 12.1 Å². The average Bonchev–Trinajstić information content (AvgIpc) is 2.38. The molecule has 1 aromatic rings. The molecule has 0 radical (unpaired) electrons. The van der Waals surface area contributed by atoms with Crippen LogP contribution in [0.3, 0.4) is 0 Å². The molecular formula is C16H27NO2. The Kier molecular flexibility index (Phi) is 6.32. The molecule has 3 N–H and O–H groups in total. The van der Waals surface area contributed by atoms with E-state index in [0.717, 1.165) is 17.7 Å². The number of aryl methyl sites for hydroxylation is 2. The van der Waals surface area contributed by atoms with Crippen molar-refractivity contribution in [2.75, 3.05) is 13.2 Å². The van der Waals surface area contributed by atoms with E-state index in [2.05, 4.69) is 32.9 Å². The Morgan fingerprint density at radius 1 is 1.26 bits per heavy atom. The lowest BCUT2D eigenvalue weighted by atomic mass is 9.88.